The van der Waals surface area contributed by atoms with E-state index in [2.05, 4.69) is 30.2 Å². The maximum Gasteiger partial charge on any atom is 0.306 e. The van der Waals surface area contributed by atoms with Crippen molar-refractivity contribution < 1.29 is 38.8 Å². The van der Waals surface area contributed by atoms with Gasteiger partial charge < -0.3 is 24.4 Å². The van der Waals surface area contributed by atoms with Crippen LogP contribution in [0.5, 0.6) is 0 Å². The zero-order valence-corrected chi connectivity index (χ0v) is 43.4. The standard InChI is InChI=1S/C37H72O5.C19H38O3/c1-4-6-8-22-28-34(38)29-23-18-14-10-12-17-21-27-33-37(40)42-35(30-24-9-7-5-2)31-25-19-15-11-13-16-20-26-32-36(39)41-3;1-3-4-5-12-15-18(20)16-13-10-8-6-7-9-11-14-17-19(21)22-2/h34-35,38H,4-33H2,1-3H3;18,20H,3-17H2,1-2H3. The van der Waals surface area contributed by atoms with E-state index in [1.54, 1.807) is 0 Å². The molecule has 382 valence electrons. The number of carbonyl (C=O) groups is 3. The van der Waals surface area contributed by atoms with Gasteiger partial charge in [0.15, 0.2) is 0 Å². The molecule has 0 aromatic carbocycles. The zero-order valence-electron chi connectivity index (χ0n) is 43.4. The number of hydrogen-bond donors (Lipinski definition) is 2. The fourth-order valence-corrected chi connectivity index (χ4v) is 8.53. The van der Waals surface area contributed by atoms with Gasteiger partial charge in [-0.15, -0.1) is 0 Å². The zero-order chi connectivity index (χ0) is 47.4. The first-order chi connectivity index (χ1) is 31.2. The number of aliphatic hydroxyl groups is 2. The predicted molar refractivity (Wildman–Crippen MR) is 271 cm³/mol. The number of carbonyl (C=O) groups excluding carboxylic acids is 3. The first-order valence-electron chi connectivity index (χ1n) is 27.9. The molecule has 0 radical (unpaired) electrons. The number of ether oxygens (including phenoxy) is 3. The summed E-state index contributed by atoms with van der Waals surface area (Å²) in [6, 6.07) is 0. The number of aliphatic hydroxyl groups excluding tert-OH is 2. The lowest BCUT2D eigenvalue weighted by Crippen LogP contribution is -2.18. The molecule has 0 aliphatic carbocycles. The molecule has 8 nitrogen and oxygen atoms in total. The number of methoxy groups -OCH3 is 2. The van der Waals surface area contributed by atoms with Crippen LogP contribution < -0.4 is 0 Å². The van der Waals surface area contributed by atoms with Crippen LogP contribution in [-0.4, -0.2) is 60.7 Å². The van der Waals surface area contributed by atoms with E-state index in [0.29, 0.717) is 19.3 Å². The molecule has 0 fully saturated rings. The number of esters is 3. The first-order valence-corrected chi connectivity index (χ1v) is 27.9. The average Bonchev–Trinajstić information content (AvgIpc) is 3.29. The van der Waals surface area contributed by atoms with Crippen molar-refractivity contribution in [2.75, 3.05) is 14.2 Å². The summed E-state index contributed by atoms with van der Waals surface area (Å²) in [7, 11) is 2.90. The van der Waals surface area contributed by atoms with Crippen LogP contribution in [0.4, 0.5) is 0 Å². The molecular formula is C56H110O8. The van der Waals surface area contributed by atoms with Crippen molar-refractivity contribution in [3.05, 3.63) is 0 Å². The lowest BCUT2D eigenvalue weighted by molar-refractivity contribution is -0.150. The fourth-order valence-electron chi connectivity index (χ4n) is 8.53. The minimum atomic E-state index is -0.0990. The minimum absolute atomic E-state index is 0.00991. The molecule has 8 heteroatoms. The number of unbranched alkanes of at least 4 members (excludes halogenated alkanes) is 30. The van der Waals surface area contributed by atoms with E-state index in [-0.39, 0.29) is 36.2 Å². The summed E-state index contributed by atoms with van der Waals surface area (Å²) < 4.78 is 15.3. The third-order valence-electron chi connectivity index (χ3n) is 12.9. The molecule has 3 unspecified atom stereocenters. The second-order valence-electron chi connectivity index (χ2n) is 19.2. The van der Waals surface area contributed by atoms with E-state index in [9.17, 15) is 24.6 Å². The smallest absolute Gasteiger partial charge is 0.306 e. The third kappa shape index (κ3) is 52.9. The second-order valence-corrected chi connectivity index (χ2v) is 19.2. The lowest BCUT2D eigenvalue weighted by Gasteiger charge is -2.18. The van der Waals surface area contributed by atoms with Crippen molar-refractivity contribution in [3.63, 3.8) is 0 Å². The highest BCUT2D eigenvalue weighted by Crippen LogP contribution is 2.20. The molecule has 0 spiro atoms. The Labute approximate surface area is 397 Å². The monoisotopic (exact) mass is 911 g/mol. The van der Waals surface area contributed by atoms with Crippen LogP contribution in [0.15, 0.2) is 0 Å². The van der Waals surface area contributed by atoms with Gasteiger partial charge in [0.1, 0.15) is 6.10 Å². The van der Waals surface area contributed by atoms with Crippen LogP contribution in [-0.2, 0) is 28.6 Å². The molecule has 64 heavy (non-hydrogen) atoms. The van der Waals surface area contributed by atoms with Crippen LogP contribution in [0.1, 0.15) is 310 Å². The summed E-state index contributed by atoms with van der Waals surface area (Å²) in [5.74, 6) is -0.179. The molecule has 0 bridgehead atoms. The van der Waals surface area contributed by atoms with Crippen LogP contribution in [0, 0.1) is 0 Å². The summed E-state index contributed by atoms with van der Waals surface area (Å²) in [5, 5.41) is 20.0. The van der Waals surface area contributed by atoms with E-state index in [4.69, 9.17) is 4.74 Å². The Morgan fingerprint density at radius 1 is 0.312 bits per heavy atom. The highest BCUT2D eigenvalue weighted by Gasteiger charge is 2.14. The van der Waals surface area contributed by atoms with Crippen molar-refractivity contribution in [2.45, 2.75) is 328 Å². The highest BCUT2D eigenvalue weighted by molar-refractivity contribution is 5.69. The van der Waals surface area contributed by atoms with Crippen LogP contribution in [0.25, 0.3) is 0 Å². The molecule has 0 rings (SSSR count). The van der Waals surface area contributed by atoms with Crippen LogP contribution in [0.3, 0.4) is 0 Å². The Morgan fingerprint density at radius 2 is 0.531 bits per heavy atom. The molecule has 0 aliphatic rings. The summed E-state index contributed by atoms with van der Waals surface area (Å²) >= 11 is 0. The summed E-state index contributed by atoms with van der Waals surface area (Å²) in [4.78, 5) is 34.6. The quantitative estimate of drug-likeness (QED) is 0.0352. The van der Waals surface area contributed by atoms with E-state index in [1.165, 1.54) is 181 Å². The Bertz CT molecular complexity index is 957. The molecule has 0 aromatic heterocycles. The number of hydrogen-bond acceptors (Lipinski definition) is 8. The molecular weight excluding hydrogens is 801 g/mol. The van der Waals surface area contributed by atoms with Gasteiger partial charge in [0, 0.05) is 19.3 Å². The lowest BCUT2D eigenvalue weighted by atomic mass is 10.0. The maximum absolute atomic E-state index is 12.6. The molecule has 2 N–H and O–H groups in total. The summed E-state index contributed by atoms with van der Waals surface area (Å²) in [5.41, 5.74) is 0. The number of rotatable bonds is 49. The molecule has 0 heterocycles. The van der Waals surface area contributed by atoms with Gasteiger partial charge in [-0.1, -0.05) is 220 Å². The first kappa shape index (κ1) is 64.4. The van der Waals surface area contributed by atoms with Gasteiger partial charge in [0.05, 0.1) is 26.4 Å². The maximum atomic E-state index is 12.6. The van der Waals surface area contributed by atoms with E-state index in [0.717, 1.165) is 103 Å². The predicted octanol–water partition coefficient (Wildman–Crippen LogP) is 16.6. The van der Waals surface area contributed by atoms with Gasteiger partial charge in [-0.25, -0.2) is 0 Å². The Hall–Kier alpha value is -1.67. The van der Waals surface area contributed by atoms with Crippen LogP contribution >= 0.6 is 0 Å². The second kappa shape index (κ2) is 53.9. The van der Waals surface area contributed by atoms with Gasteiger partial charge in [0.2, 0.25) is 0 Å². The Morgan fingerprint density at radius 3 is 0.797 bits per heavy atom. The molecule has 0 saturated carbocycles. The SMILES string of the molecule is CCCCCCC(O)CCCCCCCCCCC(=O)OC.CCCCCCC(O)CCCCCCCCCCC(=O)OC(CCCCCC)CCCCCCCCCCC(=O)OC. The van der Waals surface area contributed by atoms with Crippen molar-refractivity contribution >= 4 is 17.9 Å². The summed E-state index contributed by atoms with van der Waals surface area (Å²) in [6.07, 6.45) is 50.7. The van der Waals surface area contributed by atoms with Crippen molar-refractivity contribution in [1.82, 2.24) is 0 Å². The van der Waals surface area contributed by atoms with Crippen molar-refractivity contribution in [1.29, 1.82) is 0 Å². The van der Waals surface area contributed by atoms with Crippen molar-refractivity contribution in [3.8, 4) is 0 Å². The third-order valence-corrected chi connectivity index (χ3v) is 12.9. The molecule has 0 aromatic rings. The largest absolute Gasteiger partial charge is 0.469 e. The van der Waals surface area contributed by atoms with E-state index >= 15 is 0 Å². The highest BCUT2D eigenvalue weighted by atomic mass is 16.5. The normalized spacial score (nSPS) is 12.6. The summed E-state index contributed by atoms with van der Waals surface area (Å²) in [6.45, 7) is 6.68. The topological polar surface area (TPSA) is 119 Å². The molecule has 3 atom stereocenters. The molecule has 0 amide bonds. The van der Waals surface area contributed by atoms with Gasteiger partial charge in [-0.05, 0) is 70.6 Å². The fraction of sp³-hybridized carbons (Fsp3) is 0.946. The molecule has 0 aliphatic heterocycles. The van der Waals surface area contributed by atoms with Gasteiger partial charge in [0.25, 0.3) is 0 Å². The van der Waals surface area contributed by atoms with Gasteiger partial charge in [-0.3, -0.25) is 14.4 Å². The van der Waals surface area contributed by atoms with Crippen LogP contribution in [0.2, 0.25) is 0 Å². The molecule has 0 saturated heterocycles. The minimum Gasteiger partial charge on any atom is -0.469 e. The van der Waals surface area contributed by atoms with E-state index < -0.39 is 0 Å². The Balaban J connectivity index is 0. The average molecular weight is 911 g/mol. The Kier molecular flexibility index (Phi) is 54.3. The van der Waals surface area contributed by atoms with Gasteiger partial charge >= 0.3 is 17.9 Å². The van der Waals surface area contributed by atoms with Gasteiger partial charge in [-0.2, -0.15) is 0 Å². The van der Waals surface area contributed by atoms with Crippen molar-refractivity contribution in [2.24, 2.45) is 0 Å². The van der Waals surface area contributed by atoms with E-state index in [1.807, 2.05) is 0 Å².